The smallest absolute Gasteiger partial charge is 0.237 e. The van der Waals surface area contributed by atoms with Crippen molar-refractivity contribution in [3.63, 3.8) is 0 Å². The fourth-order valence-electron chi connectivity index (χ4n) is 1.74. The second kappa shape index (κ2) is 6.20. The number of hydrogen-bond acceptors (Lipinski definition) is 4. The molecule has 1 fully saturated rings. The molecule has 2 N–H and O–H groups in total. The molecule has 0 saturated carbocycles. The molecule has 1 aliphatic rings. The molecular weight excluding hydrogens is 228 g/mol. The molecular formula is C10H20N2O3S. The van der Waals surface area contributed by atoms with Gasteiger partial charge in [0.15, 0.2) is 0 Å². The van der Waals surface area contributed by atoms with Gasteiger partial charge in [-0.25, -0.2) is 8.42 Å². The Morgan fingerprint density at radius 2 is 2.19 bits per heavy atom. The summed E-state index contributed by atoms with van der Waals surface area (Å²) in [5.41, 5.74) is 0. The van der Waals surface area contributed by atoms with Crippen LogP contribution in [0, 0.1) is 0 Å². The van der Waals surface area contributed by atoms with Crippen LogP contribution in [-0.4, -0.2) is 45.5 Å². The molecule has 1 atom stereocenters. The minimum absolute atomic E-state index is 0.00630. The maximum absolute atomic E-state index is 11.6. The van der Waals surface area contributed by atoms with Gasteiger partial charge < -0.3 is 10.6 Å². The lowest BCUT2D eigenvalue weighted by molar-refractivity contribution is -0.123. The first kappa shape index (κ1) is 13.4. The van der Waals surface area contributed by atoms with Gasteiger partial charge in [0, 0.05) is 12.8 Å². The van der Waals surface area contributed by atoms with Crippen LogP contribution in [0.5, 0.6) is 0 Å². The van der Waals surface area contributed by atoms with E-state index in [1.807, 2.05) is 0 Å². The number of hydrogen-bond donors (Lipinski definition) is 2. The highest BCUT2D eigenvalue weighted by molar-refractivity contribution is 7.90. The maximum Gasteiger partial charge on any atom is 0.237 e. The monoisotopic (exact) mass is 248 g/mol. The van der Waals surface area contributed by atoms with Crippen molar-refractivity contribution in [3.8, 4) is 0 Å². The summed E-state index contributed by atoms with van der Waals surface area (Å²) in [6, 6.07) is -0.0908. The quantitative estimate of drug-likeness (QED) is 0.654. The zero-order chi connectivity index (χ0) is 12.0. The van der Waals surface area contributed by atoms with Crippen LogP contribution in [0.3, 0.4) is 0 Å². The van der Waals surface area contributed by atoms with Gasteiger partial charge in [-0.05, 0) is 25.8 Å². The van der Waals surface area contributed by atoms with E-state index in [-0.39, 0.29) is 17.7 Å². The fraction of sp³-hybridized carbons (Fsp3) is 0.900. The van der Waals surface area contributed by atoms with Crippen molar-refractivity contribution < 1.29 is 13.2 Å². The van der Waals surface area contributed by atoms with Crippen molar-refractivity contribution in [1.29, 1.82) is 0 Å². The fourth-order valence-corrected chi connectivity index (χ4v) is 2.41. The molecule has 0 spiro atoms. The largest absolute Gasteiger partial charge is 0.355 e. The second-order valence-electron chi connectivity index (χ2n) is 4.28. The highest BCUT2D eigenvalue weighted by Crippen LogP contribution is 2.06. The lowest BCUT2D eigenvalue weighted by atomic mass is 10.0. The van der Waals surface area contributed by atoms with Crippen molar-refractivity contribution in [3.05, 3.63) is 0 Å². The van der Waals surface area contributed by atoms with Crippen LogP contribution in [-0.2, 0) is 14.6 Å². The number of piperidine rings is 1. The van der Waals surface area contributed by atoms with E-state index in [1.54, 1.807) is 0 Å². The van der Waals surface area contributed by atoms with Crippen molar-refractivity contribution in [2.75, 3.05) is 25.1 Å². The summed E-state index contributed by atoms with van der Waals surface area (Å²) >= 11 is 0. The molecule has 1 heterocycles. The Hall–Kier alpha value is -0.620. The molecule has 0 aromatic heterocycles. The Labute approximate surface area is 96.9 Å². The third kappa shape index (κ3) is 5.46. The third-order valence-corrected chi connectivity index (χ3v) is 3.65. The third-order valence-electron chi connectivity index (χ3n) is 2.62. The Kier molecular flexibility index (Phi) is 5.21. The molecule has 1 saturated heterocycles. The van der Waals surface area contributed by atoms with Crippen LogP contribution in [0.25, 0.3) is 0 Å². The van der Waals surface area contributed by atoms with Gasteiger partial charge in [0.25, 0.3) is 0 Å². The number of nitrogens with one attached hydrogen (secondary N) is 2. The standard InChI is InChI=1S/C10H20N2O3S/c1-16(14,15)8-4-7-12-10(13)9-5-2-3-6-11-9/h9,11H,2-8H2,1H3,(H,12,13)/t9-/m0/s1. The van der Waals surface area contributed by atoms with Gasteiger partial charge in [-0.3, -0.25) is 4.79 Å². The average molecular weight is 248 g/mol. The van der Waals surface area contributed by atoms with Gasteiger partial charge in [-0.15, -0.1) is 0 Å². The van der Waals surface area contributed by atoms with Gasteiger partial charge >= 0.3 is 0 Å². The van der Waals surface area contributed by atoms with Crippen LogP contribution in [0.15, 0.2) is 0 Å². The molecule has 0 unspecified atom stereocenters. The van der Waals surface area contributed by atoms with E-state index in [1.165, 1.54) is 6.26 Å². The van der Waals surface area contributed by atoms with E-state index >= 15 is 0 Å². The van der Waals surface area contributed by atoms with Gasteiger partial charge in [-0.2, -0.15) is 0 Å². The number of sulfone groups is 1. The highest BCUT2D eigenvalue weighted by Gasteiger charge is 2.19. The van der Waals surface area contributed by atoms with Crippen molar-refractivity contribution in [1.82, 2.24) is 10.6 Å². The van der Waals surface area contributed by atoms with Crippen LogP contribution in [0.2, 0.25) is 0 Å². The summed E-state index contributed by atoms with van der Waals surface area (Å²) in [6.45, 7) is 1.32. The van der Waals surface area contributed by atoms with Crippen molar-refractivity contribution in [2.24, 2.45) is 0 Å². The van der Waals surface area contributed by atoms with E-state index in [4.69, 9.17) is 0 Å². The van der Waals surface area contributed by atoms with Gasteiger partial charge in [0.05, 0.1) is 11.8 Å². The van der Waals surface area contributed by atoms with Gasteiger partial charge in [0.2, 0.25) is 5.91 Å². The molecule has 0 aromatic rings. The SMILES string of the molecule is CS(=O)(=O)CCCNC(=O)[C@@H]1CCCCN1. The molecule has 0 bridgehead atoms. The molecule has 1 amide bonds. The molecule has 1 aliphatic heterocycles. The average Bonchev–Trinajstić information content (AvgIpc) is 2.24. The van der Waals surface area contributed by atoms with Crippen LogP contribution < -0.4 is 10.6 Å². The minimum atomic E-state index is -2.91. The predicted molar refractivity (Wildman–Crippen MR) is 63.0 cm³/mol. The first-order valence-corrected chi connectivity index (χ1v) is 7.74. The summed E-state index contributed by atoms with van der Waals surface area (Å²) in [5, 5.41) is 5.90. The van der Waals surface area contributed by atoms with Gasteiger partial charge in [-0.1, -0.05) is 6.42 Å². The highest BCUT2D eigenvalue weighted by atomic mass is 32.2. The Balaban J connectivity index is 2.14. The summed E-state index contributed by atoms with van der Waals surface area (Å²) < 4.78 is 21.7. The zero-order valence-electron chi connectivity index (χ0n) is 9.66. The molecule has 0 radical (unpaired) electrons. The van der Waals surface area contributed by atoms with E-state index in [0.29, 0.717) is 13.0 Å². The lowest BCUT2D eigenvalue weighted by Gasteiger charge is -2.22. The van der Waals surface area contributed by atoms with Crippen molar-refractivity contribution in [2.45, 2.75) is 31.7 Å². The summed E-state index contributed by atoms with van der Waals surface area (Å²) in [7, 11) is -2.91. The van der Waals surface area contributed by atoms with E-state index in [0.717, 1.165) is 25.8 Å². The zero-order valence-corrected chi connectivity index (χ0v) is 10.5. The Morgan fingerprint density at radius 1 is 1.44 bits per heavy atom. The van der Waals surface area contributed by atoms with Crippen LogP contribution >= 0.6 is 0 Å². The van der Waals surface area contributed by atoms with Gasteiger partial charge in [0.1, 0.15) is 9.84 Å². The summed E-state index contributed by atoms with van der Waals surface area (Å²) in [6.07, 6.45) is 4.76. The molecule has 1 rings (SSSR count). The first-order chi connectivity index (χ1) is 7.49. The maximum atomic E-state index is 11.6. The molecule has 16 heavy (non-hydrogen) atoms. The normalized spacial score (nSPS) is 21.7. The Bertz CT molecular complexity index is 321. The van der Waals surface area contributed by atoms with E-state index in [2.05, 4.69) is 10.6 Å². The number of carbonyl (C=O) groups excluding carboxylic acids is 1. The van der Waals surface area contributed by atoms with E-state index in [9.17, 15) is 13.2 Å². The minimum Gasteiger partial charge on any atom is -0.355 e. The number of carbonyl (C=O) groups is 1. The topological polar surface area (TPSA) is 75.3 Å². The second-order valence-corrected chi connectivity index (χ2v) is 6.54. The summed E-state index contributed by atoms with van der Waals surface area (Å²) in [4.78, 5) is 11.6. The van der Waals surface area contributed by atoms with E-state index < -0.39 is 9.84 Å². The van der Waals surface area contributed by atoms with Crippen molar-refractivity contribution >= 4 is 15.7 Å². The molecule has 6 heteroatoms. The number of amides is 1. The van der Waals surface area contributed by atoms with Crippen LogP contribution in [0.1, 0.15) is 25.7 Å². The predicted octanol–water partition coefficient (Wildman–Crippen LogP) is -0.321. The lowest BCUT2D eigenvalue weighted by Crippen LogP contribution is -2.46. The molecule has 5 nitrogen and oxygen atoms in total. The molecule has 0 aliphatic carbocycles. The molecule has 0 aromatic carbocycles. The molecule has 94 valence electrons. The number of rotatable bonds is 5. The Morgan fingerprint density at radius 3 is 2.75 bits per heavy atom. The first-order valence-electron chi connectivity index (χ1n) is 5.68. The van der Waals surface area contributed by atoms with Crippen LogP contribution in [0.4, 0.5) is 0 Å². The summed E-state index contributed by atoms with van der Waals surface area (Å²) in [5.74, 6) is 0.124.